The van der Waals surface area contributed by atoms with Crippen molar-refractivity contribution in [3.8, 4) is 0 Å². The van der Waals surface area contributed by atoms with Gasteiger partial charge in [0.1, 0.15) is 6.54 Å². The van der Waals surface area contributed by atoms with E-state index in [-0.39, 0.29) is 30.0 Å². The molecular formula is C12H21N5O3S. The van der Waals surface area contributed by atoms with Gasteiger partial charge in [-0.15, -0.1) is 5.10 Å². The molecule has 1 unspecified atom stereocenters. The Bertz CT molecular complexity index is 596. The Morgan fingerprint density at radius 1 is 1.52 bits per heavy atom. The van der Waals surface area contributed by atoms with E-state index in [4.69, 9.17) is 0 Å². The Balaban J connectivity index is 1.80. The number of amides is 1. The maximum Gasteiger partial charge on any atom is 0.242 e. The summed E-state index contributed by atoms with van der Waals surface area (Å²) in [4.78, 5) is 11.8. The first kappa shape index (κ1) is 15.9. The van der Waals surface area contributed by atoms with Gasteiger partial charge >= 0.3 is 0 Å². The van der Waals surface area contributed by atoms with Crippen LogP contribution in [0.25, 0.3) is 0 Å². The first-order valence-electron chi connectivity index (χ1n) is 6.96. The van der Waals surface area contributed by atoms with Gasteiger partial charge in [0.25, 0.3) is 0 Å². The highest BCUT2D eigenvalue weighted by Crippen LogP contribution is 2.11. The number of hydrogen-bond donors (Lipinski definition) is 2. The summed E-state index contributed by atoms with van der Waals surface area (Å²) < 4.78 is 24.1. The minimum atomic E-state index is -2.98. The first-order valence-corrected chi connectivity index (χ1v) is 8.78. The van der Waals surface area contributed by atoms with E-state index in [1.54, 1.807) is 6.20 Å². The molecular weight excluding hydrogens is 294 g/mol. The molecule has 0 aliphatic carbocycles. The Morgan fingerprint density at radius 3 is 2.90 bits per heavy atom. The van der Waals surface area contributed by atoms with Crippen LogP contribution in [0.15, 0.2) is 6.20 Å². The van der Waals surface area contributed by atoms with Crippen LogP contribution in [0.2, 0.25) is 0 Å². The third-order valence-corrected chi connectivity index (χ3v) is 4.95. The van der Waals surface area contributed by atoms with Gasteiger partial charge in [-0.2, -0.15) is 0 Å². The fourth-order valence-corrected chi connectivity index (χ4v) is 3.81. The lowest BCUT2D eigenvalue weighted by Gasteiger charge is -2.10. The summed E-state index contributed by atoms with van der Waals surface area (Å²) in [5.41, 5.74) is 0.764. The van der Waals surface area contributed by atoms with Crippen molar-refractivity contribution >= 4 is 15.7 Å². The van der Waals surface area contributed by atoms with Gasteiger partial charge < -0.3 is 10.6 Å². The monoisotopic (exact) mass is 315 g/mol. The number of hydrogen-bond acceptors (Lipinski definition) is 6. The molecule has 1 fully saturated rings. The molecule has 2 N–H and O–H groups in total. The van der Waals surface area contributed by atoms with E-state index in [0.29, 0.717) is 19.0 Å². The van der Waals surface area contributed by atoms with E-state index in [0.717, 1.165) is 5.69 Å². The van der Waals surface area contributed by atoms with Crippen LogP contribution in [-0.4, -0.2) is 52.9 Å². The summed E-state index contributed by atoms with van der Waals surface area (Å²) in [6.07, 6.45) is 2.19. The Morgan fingerprint density at radius 2 is 2.29 bits per heavy atom. The molecule has 0 radical (unpaired) electrons. The standard InChI is InChI=1S/C12H21N5O3S/c1-9(2)13-5-11-6-17(16-15-11)7-12(18)14-10-3-4-21(19,20)8-10/h6,9-10,13H,3-5,7-8H2,1-2H3,(H,14,18). The van der Waals surface area contributed by atoms with E-state index in [9.17, 15) is 13.2 Å². The Hall–Kier alpha value is -1.48. The van der Waals surface area contributed by atoms with E-state index >= 15 is 0 Å². The molecule has 1 aromatic rings. The van der Waals surface area contributed by atoms with E-state index < -0.39 is 9.84 Å². The van der Waals surface area contributed by atoms with Crippen LogP contribution >= 0.6 is 0 Å². The molecule has 2 heterocycles. The van der Waals surface area contributed by atoms with Crippen molar-refractivity contribution in [2.24, 2.45) is 0 Å². The van der Waals surface area contributed by atoms with Crippen molar-refractivity contribution in [1.82, 2.24) is 25.6 Å². The third kappa shape index (κ3) is 5.09. The Kier molecular flexibility index (Phi) is 4.94. The van der Waals surface area contributed by atoms with Gasteiger partial charge in [0.05, 0.1) is 23.4 Å². The molecule has 0 bridgehead atoms. The normalized spacial score (nSPS) is 20.8. The second kappa shape index (κ2) is 6.52. The molecule has 118 valence electrons. The minimum Gasteiger partial charge on any atom is -0.351 e. The quantitative estimate of drug-likeness (QED) is 0.703. The zero-order chi connectivity index (χ0) is 15.5. The number of carbonyl (C=O) groups is 1. The molecule has 2 rings (SSSR count). The molecule has 9 heteroatoms. The summed E-state index contributed by atoms with van der Waals surface area (Å²) in [5.74, 6) is -0.0725. The lowest BCUT2D eigenvalue weighted by atomic mass is 10.2. The SMILES string of the molecule is CC(C)NCc1cn(CC(=O)NC2CCS(=O)(=O)C2)nn1. The first-order chi connectivity index (χ1) is 9.84. The fourth-order valence-electron chi connectivity index (χ4n) is 2.13. The lowest BCUT2D eigenvalue weighted by molar-refractivity contribution is -0.122. The lowest BCUT2D eigenvalue weighted by Crippen LogP contribution is -2.37. The van der Waals surface area contributed by atoms with E-state index in [1.165, 1.54) is 4.68 Å². The van der Waals surface area contributed by atoms with Crippen LogP contribution in [0, 0.1) is 0 Å². The molecule has 0 aromatic carbocycles. The number of sulfone groups is 1. The molecule has 0 saturated carbocycles. The van der Waals surface area contributed by atoms with Gasteiger partial charge in [0, 0.05) is 18.6 Å². The smallest absolute Gasteiger partial charge is 0.242 e. The zero-order valence-corrected chi connectivity index (χ0v) is 13.1. The predicted molar refractivity (Wildman–Crippen MR) is 77.2 cm³/mol. The second-order valence-corrected chi connectivity index (χ2v) is 7.84. The summed E-state index contributed by atoms with van der Waals surface area (Å²) in [7, 11) is -2.98. The number of aromatic nitrogens is 3. The maximum absolute atomic E-state index is 11.8. The van der Waals surface area contributed by atoms with Crippen LogP contribution in [0.5, 0.6) is 0 Å². The average molecular weight is 315 g/mol. The molecule has 8 nitrogen and oxygen atoms in total. The van der Waals surface area contributed by atoms with Crippen LogP contribution < -0.4 is 10.6 Å². The van der Waals surface area contributed by atoms with Crippen LogP contribution in [0.4, 0.5) is 0 Å². The van der Waals surface area contributed by atoms with Gasteiger partial charge in [-0.1, -0.05) is 19.1 Å². The maximum atomic E-state index is 11.8. The topological polar surface area (TPSA) is 106 Å². The van der Waals surface area contributed by atoms with Crippen molar-refractivity contribution in [2.45, 2.75) is 45.4 Å². The largest absolute Gasteiger partial charge is 0.351 e. The third-order valence-electron chi connectivity index (χ3n) is 3.18. The Labute approximate surface area is 124 Å². The van der Waals surface area contributed by atoms with Gasteiger partial charge in [-0.25, -0.2) is 13.1 Å². The van der Waals surface area contributed by atoms with Gasteiger partial charge in [-0.05, 0) is 6.42 Å². The number of rotatable bonds is 6. The van der Waals surface area contributed by atoms with Crippen LogP contribution in [0.3, 0.4) is 0 Å². The van der Waals surface area contributed by atoms with Crippen molar-refractivity contribution in [3.63, 3.8) is 0 Å². The molecule has 0 spiro atoms. The highest BCUT2D eigenvalue weighted by molar-refractivity contribution is 7.91. The van der Waals surface area contributed by atoms with E-state index in [2.05, 4.69) is 20.9 Å². The molecule has 1 aliphatic rings. The summed E-state index contributed by atoms with van der Waals surface area (Å²) in [6, 6.07) is 0.0656. The predicted octanol–water partition coefficient (Wildman–Crippen LogP) is -0.921. The molecule has 1 aliphatic heterocycles. The number of nitrogens with one attached hydrogen (secondary N) is 2. The van der Waals surface area contributed by atoms with E-state index in [1.807, 2.05) is 13.8 Å². The summed E-state index contributed by atoms with van der Waals surface area (Å²) >= 11 is 0. The zero-order valence-electron chi connectivity index (χ0n) is 12.2. The summed E-state index contributed by atoms with van der Waals surface area (Å²) in [6.45, 7) is 4.71. The molecule has 1 aromatic heterocycles. The average Bonchev–Trinajstić information content (AvgIpc) is 2.93. The van der Waals surface area contributed by atoms with Crippen molar-refractivity contribution < 1.29 is 13.2 Å². The molecule has 1 amide bonds. The fraction of sp³-hybridized carbons (Fsp3) is 0.750. The number of nitrogens with zero attached hydrogens (tertiary/aromatic N) is 3. The molecule has 1 atom stereocenters. The van der Waals surface area contributed by atoms with Crippen molar-refractivity contribution in [1.29, 1.82) is 0 Å². The second-order valence-electron chi connectivity index (χ2n) is 5.61. The van der Waals surface area contributed by atoms with Gasteiger partial charge in [-0.3, -0.25) is 4.79 Å². The highest BCUT2D eigenvalue weighted by atomic mass is 32.2. The summed E-state index contributed by atoms with van der Waals surface area (Å²) in [5, 5.41) is 13.8. The van der Waals surface area contributed by atoms with Crippen molar-refractivity contribution in [2.75, 3.05) is 11.5 Å². The molecule has 21 heavy (non-hydrogen) atoms. The molecule has 1 saturated heterocycles. The van der Waals surface area contributed by atoms with Gasteiger partial charge in [0.15, 0.2) is 9.84 Å². The van der Waals surface area contributed by atoms with Crippen LogP contribution in [0.1, 0.15) is 26.0 Å². The minimum absolute atomic E-state index is 0.0274. The van der Waals surface area contributed by atoms with Gasteiger partial charge in [0.2, 0.25) is 5.91 Å². The highest BCUT2D eigenvalue weighted by Gasteiger charge is 2.28. The van der Waals surface area contributed by atoms with Crippen molar-refractivity contribution in [3.05, 3.63) is 11.9 Å². The number of carbonyl (C=O) groups excluding carboxylic acids is 1. The van der Waals surface area contributed by atoms with Crippen LogP contribution in [-0.2, 0) is 27.7 Å².